The van der Waals surface area contributed by atoms with Crippen molar-refractivity contribution < 1.29 is 17.9 Å². The van der Waals surface area contributed by atoms with Crippen LogP contribution >= 0.6 is 34.9 Å². The lowest BCUT2D eigenvalue weighted by Crippen LogP contribution is -2.16. The van der Waals surface area contributed by atoms with Gasteiger partial charge in [0.25, 0.3) is 10.0 Å². The number of sulfonamides is 1. The number of methoxy groups -OCH3 is 1. The Kier molecular flexibility index (Phi) is 4.83. The van der Waals surface area contributed by atoms with Crippen LogP contribution < -0.4 is 4.72 Å². The summed E-state index contributed by atoms with van der Waals surface area (Å²) in [5.74, 6) is -0.759. The Bertz CT molecular complexity index is 1080. The number of nitrogens with zero attached hydrogens (tertiary/aromatic N) is 2. The molecule has 3 aromatic rings. The number of halogens is 2. The molecule has 0 radical (unpaired) electrons. The standard InChI is InChI=1S/C14H9Cl2N3O4S2/c1-23-14(20)7-5-8(15)9(16)6-11(7)19-25(21,22)12-4-2-3-10-13(12)18-24-17-10/h2-6,19H,1H3. The second kappa shape index (κ2) is 6.75. The van der Waals surface area contributed by atoms with Gasteiger partial charge in [-0.25, -0.2) is 13.2 Å². The minimum atomic E-state index is -4.06. The maximum absolute atomic E-state index is 12.8. The Balaban J connectivity index is 2.11. The van der Waals surface area contributed by atoms with E-state index in [-0.39, 0.29) is 31.7 Å². The maximum Gasteiger partial charge on any atom is 0.340 e. The number of aromatic nitrogens is 2. The highest BCUT2D eigenvalue weighted by Crippen LogP contribution is 2.32. The molecule has 0 atom stereocenters. The number of esters is 1. The third-order valence-corrected chi connectivity index (χ3v) is 5.91. The van der Waals surface area contributed by atoms with Crippen molar-refractivity contribution in [3.05, 3.63) is 45.9 Å². The molecule has 2 aromatic carbocycles. The van der Waals surface area contributed by atoms with Crippen LogP contribution in [0.25, 0.3) is 11.0 Å². The maximum atomic E-state index is 12.8. The van der Waals surface area contributed by atoms with Gasteiger partial charge in [-0.05, 0) is 24.3 Å². The van der Waals surface area contributed by atoms with Gasteiger partial charge in [-0.3, -0.25) is 4.72 Å². The van der Waals surface area contributed by atoms with Crippen LogP contribution in [-0.2, 0) is 14.8 Å². The number of nitrogens with one attached hydrogen (secondary N) is 1. The topological polar surface area (TPSA) is 98.2 Å². The van der Waals surface area contributed by atoms with Crippen molar-refractivity contribution in [2.75, 3.05) is 11.8 Å². The van der Waals surface area contributed by atoms with Gasteiger partial charge in [0.15, 0.2) is 0 Å². The quantitative estimate of drug-likeness (QED) is 0.651. The summed E-state index contributed by atoms with van der Waals surface area (Å²) in [4.78, 5) is 11.8. The summed E-state index contributed by atoms with van der Waals surface area (Å²) in [5, 5.41) is 0.177. The fraction of sp³-hybridized carbons (Fsp3) is 0.0714. The van der Waals surface area contributed by atoms with E-state index in [1.165, 1.54) is 25.3 Å². The Morgan fingerprint density at radius 2 is 1.92 bits per heavy atom. The minimum absolute atomic E-state index is 0.0542. The zero-order chi connectivity index (χ0) is 18.2. The van der Waals surface area contributed by atoms with E-state index in [1.54, 1.807) is 12.1 Å². The average molecular weight is 418 g/mol. The van der Waals surface area contributed by atoms with Crippen LogP contribution in [0.5, 0.6) is 0 Å². The molecular weight excluding hydrogens is 409 g/mol. The van der Waals surface area contributed by atoms with Crippen molar-refractivity contribution in [2.24, 2.45) is 0 Å². The highest BCUT2D eigenvalue weighted by Gasteiger charge is 2.23. The fourth-order valence-electron chi connectivity index (χ4n) is 2.11. The normalized spacial score (nSPS) is 11.5. The molecule has 0 fully saturated rings. The smallest absolute Gasteiger partial charge is 0.340 e. The summed E-state index contributed by atoms with van der Waals surface area (Å²) < 4.78 is 40.5. The number of carbonyl (C=O) groups is 1. The van der Waals surface area contributed by atoms with Crippen LogP contribution in [0.4, 0.5) is 5.69 Å². The number of hydrogen-bond donors (Lipinski definition) is 1. The zero-order valence-electron chi connectivity index (χ0n) is 12.5. The van der Waals surface area contributed by atoms with Gasteiger partial charge in [-0.15, -0.1) is 0 Å². The molecule has 0 saturated carbocycles. The van der Waals surface area contributed by atoms with Crippen LogP contribution in [-0.4, -0.2) is 30.2 Å². The highest BCUT2D eigenvalue weighted by molar-refractivity contribution is 7.93. The van der Waals surface area contributed by atoms with E-state index in [4.69, 9.17) is 23.2 Å². The molecule has 1 aromatic heterocycles. The van der Waals surface area contributed by atoms with Crippen molar-refractivity contribution in [1.82, 2.24) is 8.75 Å². The number of hydrogen-bond acceptors (Lipinski definition) is 7. The van der Waals surface area contributed by atoms with Crippen LogP contribution in [0.3, 0.4) is 0 Å². The van der Waals surface area contributed by atoms with Gasteiger partial charge in [0.2, 0.25) is 0 Å². The van der Waals surface area contributed by atoms with Crippen molar-refractivity contribution in [2.45, 2.75) is 4.90 Å². The van der Waals surface area contributed by atoms with Crippen LogP contribution in [0.1, 0.15) is 10.4 Å². The summed E-state index contributed by atoms with van der Waals surface area (Å²) in [5.41, 5.74) is 0.570. The molecule has 11 heteroatoms. The second-order valence-electron chi connectivity index (χ2n) is 4.80. The molecule has 1 heterocycles. The first kappa shape index (κ1) is 17.9. The predicted octanol–water partition coefficient (Wildman–Crippen LogP) is 3.59. The summed E-state index contributed by atoms with van der Waals surface area (Å²) in [7, 11) is -2.89. The summed E-state index contributed by atoms with van der Waals surface area (Å²) in [6, 6.07) is 7.07. The number of benzene rings is 2. The molecule has 7 nitrogen and oxygen atoms in total. The Morgan fingerprint density at radius 1 is 1.20 bits per heavy atom. The first-order valence-electron chi connectivity index (χ1n) is 6.65. The average Bonchev–Trinajstić information content (AvgIpc) is 3.05. The zero-order valence-corrected chi connectivity index (χ0v) is 15.6. The Morgan fingerprint density at radius 3 is 2.64 bits per heavy atom. The second-order valence-corrected chi connectivity index (χ2v) is 7.79. The van der Waals surface area contributed by atoms with Crippen LogP contribution in [0, 0.1) is 0 Å². The number of fused-ring (bicyclic) bond motifs is 1. The SMILES string of the molecule is COC(=O)c1cc(Cl)c(Cl)cc1NS(=O)(=O)c1cccc2nsnc12. The monoisotopic (exact) mass is 417 g/mol. The van der Waals surface area contributed by atoms with Gasteiger partial charge >= 0.3 is 5.97 Å². The molecular formula is C14H9Cl2N3O4S2. The third-order valence-electron chi connectivity index (χ3n) is 3.25. The van der Waals surface area contributed by atoms with E-state index in [1.807, 2.05) is 0 Å². The van der Waals surface area contributed by atoms with Crippen molar-refractivity contribution in [3.8, 4) is 0 Å². The van der Waals surface area contributed by atoms with Crippen molar-refractivity contribution in [1.29, 1.82) is 0 Å². The van der Waals surface area contributed by atoms with E-state index >= 15 is 0 Å². The molecule has 1 N–H and O–H groups in total. The lowest BCUT2D eigenvalue weighted by Gasteiger charge is -2.13. The van der Waals surface area contributed by atoms with Gasteiger partial charge in [0.05, 0.1) is 40.1 Å². The molecule has 130 valence electrons. The molecule has 0 bridgehead atoms. The lowest BCUT2D eigenvalue weighted by atomic mass is 10.2. The van der Waals surface area contributed by atoms with E-state index in [0.29, 0.717) is 5.52 Å². The van der Waals surface area contributed by atoms with E-state index in [9.17, 15) is 13.2 Å². The first-order valence-corrected chi connectivity index (χ1v) is 9.62. The molecule has 0 aliphatic carbocycles. The van der Waals surface area contributed by atoms with E-state index in [2.05, 4.69) is 18.2 Å². The van der Waals surface area contributed by atoms with Gasteiger partial charge in [-0.2, -0.15) is 8.75 Å². The molecule has 0 spiro atoms. The van der Waals surface area contributed by atoms with Gasteiger partial charge < -0.3 is 4.74 Å². The van der Waals surface area contributed by atoms with Crippen molar-refractivity contribution in [3.63, 3.8) is 0 Å². The summed E-state index contributed by atoms with van der Waals surface area (Å²) >= 11 is 12.8. The van der Waals surface area contributed by atoms with Crippen LogP contribution in [0.2, 0.25) is 10.0 Å². The number of rotatable bonds is 4. The number of anilines is 1. The van der Waals surface area contributed by atoms with Gasteiger partial charge in [0.1, 0.15) is 15.9 Å². The molecule has 0 aliphatic rings. The molecule has 25 heavy (non-hydrogen) atoms. The minimum Gasteiger partial charge on any atom is -0.465 e. The molecule has 3 rings (SSSR count). The Hall–Kier alpha value is -1.94. The summed E-state index contributed by atoms with van der Waals surface area (Å²) in [6.45, 7) is 0. The molecule has 0 saturated heterocycles. The number of carbonyl (C=O) groups excluding carboxylic acids is 1. The van der Waals surface area contributed by atoms with Gasteiger partial charge in [0, 0.05) is 0 Å². The predicted molar refractivity (Wildman–Crippen MR) is 96.0 cm³/mol. The molecule has 0 aliphatic heterocycles. The largest absolute Gasteiger partial charge is 0.465 e. The van der Waals surface area contributed by atoms with E-state index < -0.39 is 16.0 Å². The fourth-order valence-corrected chi connectivity index (χ4v) is 4.27. The van der Waals surface area contributed by atoms with Crippen molar-refractivity contribution >= 4 is 67.6 Å². The Labute approximate surface area is 156 Å². The summed E-state index contributed by atoms with van der Waals surface area (Å²) in [6.07, 6.45) is 0. The van der Waals surface area contributed by atoms with Gasteiger partial charge in [-0.1, -0.05) is 29.3 Å². The first-order chi connectivity index (χ1) is 11.8. The molecule has 0 unspecified atom stereocenters. The van der Waals surface area contributed by atoms with E-state index in [0.717, 1.165) is 11.7 Å². The van der Waals surface area contributed by atoms with Crippen LogP contribution in [0.15, 0.2) is 35.2 Å². The lowest BCUT2D eigenvalue weighted by molar-refractivity contribution is 0.0602. The third kappa shape index (κ3) is 3.40. The highest BCUT2D eigenvalue weighted by atomic mass is 35.5. The number of ether oxygens (including phenoxy) is 1. The molecule has 0 amide bonds.